The summed E-state index contributed by atoms with van der Waals surface area (Å²) >= 11 is 5.40. The van der Waals surface area contributed by atoms with E-state index in [0.717, 1.165) is 11.3 Å². The molecule has 0 amide bonds. The minimum Gasteiger partial charge on any atom is -0.390 e. The van der Waals surface area contributed by atoms with Gasteiger partial charge in [-0.2, -0.15) is 0 Å². The highest BCUT2D eigenvalue weighted by atomic mass is 32.2. The Bertz CT molecular complexity index is 644. The second kappa shape index (κ2) is 6.49. The number of aliphatic hydroxyl groups excluding tert-OH is 1. The number of sulfone groups is 1. The highest BCUT2D eigenvalue weighted by Crippen LogP contribution is 2.21. The molecule has 0 spiro atoms. The predicted octanol–water partition coefficient (Wildman–Crippen LogP) is 0.628. The summed E-state index contributed by atoms with van der Waals surface area (Å²) in [7, 11) is 0.288. The molecule has 1 aromatic carbocycles. The Hall–Kier alpha value is -1.22. The molecule has 0 radical (unpaired) electrons. The molecule has 1 aromatic rings. The van der Waals surface area contributed by atoms with E-state index in [1.807, 2.05) is 31.2 Å². The number of nitrogens with one attached hydrogen (secondary N) is 1. The van der Waals surface area contributed by atoms with Gasteiger partial charge in [-0.3, -0.25) is 5.01 Å². The first-order valence-corrected chi connectivity index (χ1v) is 9.15. The van der Waals surface area contributed by atoms with Gasteiger partial charge in [0.25, 0.3) is 0 Å². The lowest BCUT2D eigenvalue weighted by molar-refractivity contribution is 0.0165. The Morgan fingerprint density at radius 2 is 1.86 bits per heavy atom. The Kier molecular flexibility index (Phi) is 5.06. The van der Waals surface area contributed by atoms with E-state index in [4.69, 9.17) is 12.2 Å². The maximum absolute atomic E-state index is 11.7. The molecule has 1 saturated heterocycles. The number of aryl methyl sites for hydroxylation is 1. The largest absolute Gasteiger partial charge is 0.390 e. The molecule has 2 rings (SSSR count). The third-order valence-corrected chi connectivity index (χ3v) is 5.54. The van der Waals surface area contributed by atoms with Gasteiger partial charge in [-0.1, -0.05) is 17.7 Å². The van der Waals surface area contributed by atoms with Crippen LogP contribution in [0.5, 0.6) is 0 Å². The second-order valence-corrected chi connectivity index (χ2v) is 8.24. The van der Waals surface area contributed by atoms with Crippen LogP contribution in [-0.2, 0) is 9.84 Å². The summed E-state index contributed by atoms with van der Waals surface area (Å²) in [5.74, 6) is -0.336. The van der Waals surface area contributed by atoms with Gasteiger partial charge < -0.3 is 10.4 Å². The third kappa shape index (κ3) is 3.95. The van der Waals surface area contributed by atoms with Crippen molar-refractivity contribution < 1.29 is 13.5 Å². The Labute approximate surface area is 136 Å². The van der Waals surface area contributed by atoms with Crippen LogP contribution in [0.25, 0.3) is 0 Å². The minimum absolute atomic E-state index is 0.109. The zero-order valence-corrected chi connectivity index (χ0v) is 14.5. The molecule has 0 unspecified atom stereocenters. The molecule has 2 N–H and O–H groups in total. The number of benzene rings is 1. The average Bonchev–Trinajstić information content (AvgIpc) is 2.65. The summed E-state index contributed by atoms with van der Waals surface area (Å²) in [6, 6.07) is 7.14. The Balaban J connectivity index is 2.17. The predicted molar refractivity (Wildman–Crippen MR) is 91.4 cm³/mol. The molecule has 1 heterocycles. The van der Waals surface area contributed by atoms with Gasteiger partial charge in [0.05, 0.1) is 23.7 Å². The topological polar surface area (TPSA) is 72.9 Å². The third-order valence-electron chi connectivity index (χ3n) is 3.55. The summed E-state index contributed by atoms with van der Waals surface area (Å²) in [6.07, 6.45) is -0.954. The summed E-state index contributed by atoms with van der Waals surface area (Å²) in [4.78, 5) is 0. The highest BCUT2D eigenvalue weighted by molar-refractivity contribution is 7.91. The Morgan fingerprint density at radius 3 is 2.32 bits per heavy atom. The van der Waals surface area contributed by atoms with Gasteiger partial charge in [0.15, 0.2) is 14.9 Å². The fourth-order valence-corrected chi connectivity index (χ4v) is 4.67. The fraction of sp³-hybridized carbons (Fsp3) is 0.500. The van der Waals surface area contributed by atoms with Gasteiger partial charge in [0.1, 0.15) is 0 Å². The SMILES string of the molecule is Cc1ccc(NC(=S)N([C@@H]2CS(=O)(=O)C[C@@H]2O)N(C)C)cc1. The van der Waals surface area contributed by atoms with Gasteiger partial charge in [-0.25, -0.2) is 13.4 Å². The van der Waals surface area contributed by atoms with Gasteiger partial charge in [-0.15, -0.1) is 0 Å². The van der Waals surface area contributed by atoms with Crippen LogP contribution in [0.1, 0.15) is 5.56 Å². The lowest BCUT2D eigenvalue weighted by Crippen LogP contribution is -2.54. The van der Waals surface area contributed by atoms with E-state index in [-0.39, 0.29) is 11.5 Å². The molecule has 122 valence electrons. The second-order valence-electron chi connectivity index (χ2n) is 5.70. The van der Waals surface area contributed by atoms with E-state index < -0.39 is 22.0 Å². The minimum atomic E-state index is -3.24. The van der Waals surface area contributed by atoms with Crippen LogP contribution in [0.4, 0.5) is 5.69 Å². The van der Waals surface area contributed by atoms with Crippen molar-refractivity contribution >= 4 is 32.9 Å². The summed E-state index contributed by atoms with van der Waals surface area (Å²) in [5, 5.41) is 16.8. The van der Waals surface area contributed by atoms with Crippen LogP contribution in [0.2, 0.25) is 0 Å². The van der Waals surface area contributed by atoms with Crippen molar-refractivity contribution in [2.75, 3.05) is 30.9 Å². The van der Waals surface area contributed by atoms with Crippen molar-refractivity contribution in [3.8, 4) is 0 Å². The van der Waals surface area contributed by atoms with Crippen LogP contribution in [-0.4, -0.2) is 66.4 Å². The molecule has 2 atom stereocenters. The van der Waals surface area contributed by atoms with Crippen molar-refractivity contribution in [2.45, 2.75) is 19.1 Å². The van der Waals surface area contributed by atoms with Crippen LogP contribution >= 0.6 is 12.2 Å². The molecule has 0 aliphatic carbocycles. The van der Waals surface area contributed by atoms with Gasteiger partial charge in [0, 0.05) is 19.8 Å². The van der Waals surface area contributed by atoms with Crippen molar-refractivity contribution in [1.29, 1.82) is 0 Å². The summed E-state index contributed by atoms with van der Waals surface area (Å²) in [5.41, 5.74) is 1.95. The van der Waals surface area contributed by atoms with Gasteiger partial charge in [0.2, 0.25) is 0 Å². The lowest BCUT2D eigenvalue weighted by Gasteiger charge is -2.37. The van der Waals surface area contributed by atoms with Crippen LogP contribution in [0.15, 0.2) is 24.3 Å². The van der Waals surface area contributed by atoms with Crippen LogP contribution < -0.4 is 5.32 Å². The molecule has 6 nitrogen and oxygen atoms in total. The molecule has 1 aliphatic heterocycles. The number of thiocarbonyl (C=S) groups is 1. The molecule has 1 aliphatic rings. The molecule has 1 fully saturated rings. The zero-order valence-electron chi connectivity index (χ0n) is 12.9. The first kappa shape index (κ1) is 17.1. The van der Waals surface area contributed by atoms with Crippen molar-refractivity contribution in [3.63, 3.8) is 0 Å². The number of nitrogens with zero attached hydrogens (tertiary/aromatic N) is 2. The molecular weight excluding hydrogens is 322 g/mol. The molecule has 0 saturated carbocycles. The maximum Gasteiger partial charge on any atom is 0.188 e. The van der Waals surface area contributed by atoms with E-state index >= 15 is 0 Å². The molecular formula is C14H21N3O3S2. The standard InChI is InChI=1S/C14H21N3O3S2/c1-10-4-6-11(7-5-10)15-14(21)17(16(2)3)12-8-22(19,20)9-13(12)18/h4-7,12-13,18H,8-9H2,1-3H3,(H,15,21)/t12-,13+/m1/s1. The number of hydrazine groups is 1. The monoisotopic (exact) mass is 343 g/mol. The number of hydrogen-bond acceptors (Lipinski definition) is 5. The molecule has 22 heavy (non-hydrogen) atoms. The average molecular weight is 343 g/mol. The maximum atomic E-state index is 11.7. The quantitative estimate of drug-likeness (QED) is 0.616. The molecule has 8 heteroatoms. The van der Waals surface area contributed by atoms with Crippen molar-refractivity contribution in [2.24, 2.45) is 0 Å². The number of hydrogen-bond donors (Lipinski definition) is 2. The first-order valence-electron chi connectivity index (χ1n) is 6.92. The van der Waals surface area contributed by atoms with Gasteiger partial charge in [-0.05, 0) is 31.3 Å². The van der Waals surface area contributed by atoms with Gasteiger partial charge >= 0.3 is 0 Å². The van der Waals surface area contributed by atoms with E-state index in [2.05, 4.69) is 5.32 Å². The van der Waals surface area contributed by atoms with E-state index in [0.29, 0.717) is 5.11 Å². The number of rotatable bonds is 3. The van der Waals surface area contributed by atoms with E-state index in [9.17, 15) is 13.5 Å². The van der Waals surface area contributed by atoms with Crippen LogP contribution in [0.3, 0.4) is 0 Å². The Morgan fingerprint density at radius 1 is 1.27 bits per heavy atom. The number of anilines is 1. The lowest BCUT2D eigenvalue weighted by atomic mass is 10.2. The summed E-state index contributed by atoms with van der Waals surface area (Å²) < 4.78 is 23.5. The van der Waals surface area contributed by atoms with E-state index in [1.165, 1.54) is 0 Å². The van der Waals surface area contributed by atoms with Crippen molar-refractivity contribution in [3.05, 3.63) is 29.8 Å². The smallest absolute Gasteiger partial charge is 0.188 e. The molecule has 0 aromatic heterocycles. The fourth-order valence-electron chi connectivity index (χ4n) is 2.49. The normalized spacial score (nSPS) is 23.5. The molecule has 0 bridgehead atoms. The highest BCUT2D eigenvalue weighted by Gasteiger charge is 2.42. The summed E-state index contributed by atoms with van der Waals surface area (Å²) in [6.45, 7) is 1.99. The first-order chi connectivity index (χ1) is 10.2. The van der Waals surface area contributed by atoms with Crippen molar-refractivity contribution in [1.82, 2.24) is 10.0 Å². The van der Waals surface area contributed by atoms with E-state index in [1.54, 1.807) is 24.1 Å². The zero-order chi connectivity index (χ0) is 16.5. The van der Waals surface area contributed by atoms with Crippen LogP contribution in [0, 0.1) is 6.92 Å². The number of aliphatic hydroxyl groups is 1.